The first-order valence-electron chi connectivity index (χ1n) is 8.04. The number of nitrogens with one attached hydrogen (secondary N) is 1. The van der Waals surface area contributed by atoms with Gasteiger partial charge in [-0.3, -0.25) is 14.4 Å². The van der Waals surface area contributed by atoms with Gasteiger partial charge in [0.1, 0.15) is 6.54 Å². The first kappa shape index (κ1) is 16.2. The molecule has 1 saturated heterocycles. The standard InChI is InChI=1S/C17H20N4O3/c1-12(22)20-8-6-14(7-9-20)19-16(23)11-21-17(24)15-5-3-2-4-13(15)10-18-21/h2-5,10,14H,6-9,11H2,1H3,(H,19,23). The molecule has 0 atom stereocenters. The molecular formula is C17H20N4O3. The minimum Gasteiger partial charge on any atom is -0.352 e. The maximum absolute atomic E-state index is 12.4. The SMILES string of the molecule is CC(=O)N1CCC(NC(=O)Cn2ncc3ccccc3c2=O)CC1. The number of nitrogens with zero attached hydrogens (tertiary/aromatic N) is 3. The van der Waals surface area contributed by atoms with Crippen LogP contribution in [0.15, 0.2) is 35.3 Å². The Kier molecular flexibility index (Phi) is 4.59. The molecule has 0 spiro atoms. The Morgan fingerprint density at radius 2 is 1.96 bits per heavy atom. The van der Waals surface area contributed by atoms with Crippen molar-refractivity contribution in [1.82, 2.24) is 20.0 Å². The van der Waals surface area contributed by atoms with Crippen LogP contribution in [-0.4, -0.2) is 45.6 Å². The molecule has 1 aromatic carbocycles. The Labute approximate surface area is 139 Å². The fraction of sp³-hybridized carbons (Fsp3) is 0.412. The molecule has 0 unspecified atom stereocenters. The van der Waals surface area contributed by atoms with Crippen LogP contribution in [-0.2, 0) is 16.1 Å². The van der Waals surface area contributed by atoms with Gasteiger partial charge < -0.3 is 10.2 Å². The third-order valence-corrected chi connectivity index (χ3v) is 4.36. The monoisotopic (exact) mass is 328 g/mol. The molecule has 1 aromatic heterocycles. The largest absolute Gasteiger partial charge is 0.352 e. The van der Waals surface area contributed by atoms with E-state index in [0.29, 0.717) is 18.5 Å². The van der Waals surface area contributed by atoms with Gasteiger partial charge in [0, 0.05) is 31.4 Å². The molecule has 1 fully saturated rings. The average Bonchev–Trinajstić information content (AvgIpc) is 2.58. The highest BCUT2D eigenvalue weighted by Gasteiger charge is 2.22. The van der Waals surface area contributed by atoms with Crippen LogP contribution in [0.3, 0.4) is 0 Å². The van der Waals surface area contributed by atoms with E-state index < -0.39 is 0 Å². The minimum absolute atomic E-state index is 0.0317. The Morgan fingerprint density at radius 3 is 2.67 bits per heavy atom. The first-order valence-corrected chi connectivity index (χ1v) is 8.04. The second-order valence-electron chi connectivity index (χ2n) is 6.04. The summed E-state index contributed by atoms with van der Waals surface area (Å²) < 4.78 is 1.18. The highest BCUT2D eigenvalue weighted by Crippen LogP contribution is 2.10. The average molecular weight is 328 g/mol. The zero-order valence-corrected chi connectivity index (χ0v) is 13.6. The van der Waals surface area contributed by atoms with E-state index in [4.69, 9.17) is 0 Å². The first-order chi connectivity index (χ1) is 11.5. The van der Waals surface area contributed by atoms with E-state index in [1.54, 1.807) is 30.2 Å². The number of fused-ring (bicyclic) bond motifs is 1. The number of aromatic nitrogens is 2. The Balaban J connectivity index is 1.63. The predicted octanol–water partition coefficient (Wildman–Crippen LogP) is 0.524. The van der Waals surface area contributed by atoms with E-state index in [2.05, 4.69) is 10.4 Å². The zero-order valence-electron chi connectivity index (χ0n) is 13.6. The van der Waals surface area contributed by atoms with Crippen molar-refractivity contribution in [2.45, 2.75) is 32.4 Å². The van der Waals surface area contributed by atoms with Crippen molar-refractivity contribution in [3.63, 3.8) is 0 Å². The molecule has 0 aliphatic carbocycles. The van der Waals surface area contributed by atoms with E-state index in [1.807, 2.05) is 12.1 Å². The summed E-state index contributed by atoms with van der Waals surface area (Å²) in [5.41, 5.74) is -0.269. The Hall–Kier alpha value is -2.70. The highest BCUT2D eigenvalue weighted by molar-refractivity contribution is 5.81. The van der Waals surface area contributed by atoms with Crippen LogP contribution in [0.4, 0.5) is 0 Å². The van der Waals surface area contributed by atoms with Crippen LogP contribution in [0.1, 0.15) is 19.8 Å². The van der Waals surface area contributed by atoms with Crippen LogP contribution in [0.5, 0.6) is 0 Å². The predicted molar refractivity (Wildman–Crippen MR) is 89.4 cm³/mol. The fourth-order valence-corrected chi connectivity index (χ4v) is 2.99. The van der Waals surface area contributed by atoms with Crippen molar-refractivity contribution in [3.05, 3.63) is 40.8 Å². The normalized spacial score (nSPS) is 15.5. The summed E-state index contributed by atoms with van der Waals surface area (Å²) in [5.74, 6) is -0.173. The third-order valence-electron chi connectivity index (χ3n) is 4.36. The zero-order chi connectivity index (χ0) is 17.1. The smallest absolute Gasteiger partial charge is 0.275 e. The van der Waals surface area contributed by atoms with Crippen LogP contribution < -0.4 is 10.9 Å². The van der Waals surface area contributed by atoms with E-state index >= 15 is 0 Å². The van der Waals surface area contributed by atoms with Gasteiger partial charge >= 0.3 is 0 Å². The number of rotatable bonds is 3. The van der Waals surface area contributed by atoms with E-state index in [1.165, 1.54) is 4.68 Å². The van der Waals surface area contributed by atoms with E-state index in [-0.39, 0.29) is 30.0 Å². The maximum atomic E-state index is 12.4. The molecule has 1 aliphatic heterocycles. The van der Waals surface area contributed by atoms with Gasteiger partial charge in [-0.2, -0.15) is 5.10 Å². The molecule has 0 bridgehead atoms. The summed E-state index contributed by atoms with van der Waals surface area (Å²) in [6, 6.07) is 7.21. The van der Waals surface area contributed by atoms with Gasteiger partial charge in [0.15, 0.2) is 0 Å². The van der Waals surface area contributed by atoms with Gasteiger partial charge in [-0.1, -0.05) is 18.2 Å². The molecule has 1 aliphatic rings. The van der Waals surface area contributed by atoms with Gasteiger partial charge in [-0.25, -0.2) is 4.68 Å². The molecule has 1 N–H and O–H groups in total. The summed E-state index contributed by atoms with van der Waals surface area (Å²) >= 11 is 0. The molecule has 7 nitrogen and oxygen atoms in total. The number of hydrogen-bond acceptors (Lipinski definition) is 4. The van der Waals surface area contributed by atoms with Crippen LogP contribution in [0, 0.1) is 0 Å². The number of carbonyl (C=O) groups is 2. The lowest BCUT2D eigenvalue weighted by atomic mass is 10.1. The van der Waals surface area contributed by atoms with Crippen molar-refractivity contribution in [1.29, 1.82) is 0 Å². The summed E-state index contributed by atoms with van der Waals surface area (Å²) in [7, 11) is 0. The summed E-state index contributed by atoms with van der Waals surface area (Å²) in [6.45, 7) is 2.75. The number of amides is 2. The van der Waals surface area contributed by atoms with Crippen molar-refractivity contribution in [2.75, 3.05) is 13.1 Å². The Bertz CT molecular complexity index is 822. The van der Waals surface area contributed by atoms with Crippen LogP contribution >= 0.6 is 0 Å². The van der Waals surface area contributed by atoms with Crippen molar-refractivity contribution >= 4 is 22.6 Å². The van der Waals surface area contributed by atoms with E-state index in [0.717, 1.165) is 18.2 Å². The lowest BCUT2D eigenvalue weighted by molar-refractivity contribution is -0.130. The molecule has 0 saturated carbocycles. The summed E-state index contributed by atoms with van der Waals surface area (Å²) in [5, 5.41) is 8.30. The van der Waals surface area contributed by atoms with Crippen molar-refractivity contribution in [2.24, 2.45) is 0 Å². The van der Waals surface area contributed by atoms with Crippen molar-refractivity contribution in [3.8, 4) is 0 Å². The van der Waals surface area contributed by atoms with Crippen LogP contribution in [0.25, 0.3) is 10.8 Å². The van der Waals surface area contributed by atoms with Gasteiger partial charge in [0.2, 0.25) is 11.8 Å². The van der Waals surface area contributed by atoms with Crippen LogP contribution in [0.2, 0.25) is 0 Å². The summed E-state index contributed by atoms with van der Waals surface area (Å²) in [4.78, 5) is 37.6. The lowest BCUT2D eigenvalue weighted by Crippen LogP contribution is -2.47. The molecule has 126 valence electrons. The molecule has 2 heterocycles. The fourth-order valence-electron chi connectivity index (χ4n) is 2.99. The second kappa shape index (κ2) is 6.82. The number of benzene rings is 1. The van der Waals surface area contributed by atoms with Gasteiger partial charge in [0.25, 0.3) is 5.56 Å². The molecule has 3 rings (SSSR count). The van der Waals surface area contributed by atoms with E-state index in [9.17, 15) is 14.4 Å². The Morgan fingerprint density at radius 1 is 1.25 bits per heavy atom. The molecule has 24 heavy (non-hydrogen) atoms. The van der Waals surface area contributed by atoms with Gasteiger partial charge in [0.05, 0.1) is 11.6 Å². The molecule has 0 radical (unpaired) electrons. The minimum atomic E-state index is -0.269. The number of carbonyl (C=O) groups excluding carboxylic acids is 2. The lowest BCUT2D eigenvalue weighted by Gasteiger charge is -2.31. The number of hydrogen-bond donors (Lipinski definition) is 1. The molecule has 7 heteroatoms. The molecule has 2 amide bonds. The highest BCUT2D eigenvalue weighted by atomic mass is 16.2. The second-order valence-corrected chi connectivity index (χ2v) is 6.04. The number of piperidine rings is 1. The topological polar surface area (TPSA) is 84.3 Å². The molecular weight excluding hydrogens is 308 g/mol. The number of likely N-dealkylation sites (tertiary alicyclic amines) is 1. The quantitative estimate of drug-likeness (QED) is 0.890. The summed E-state index contributed by atoms with van der Waals surface area (Å²) in [6.07, 6.45) is 3.05. The van der Waals surface area contributed by atoms with Gasteiger partial charge in [-0.05, 0) is 18.9 Å². The van der Waals surface area contributed by atoms with Crippen molar-refractivity contribution < 1.29 is 9.59 Å². The van der Waals surface area contributed by atoms with Gasteiger partial charge in [-0.15, -0.1) is 0 Å². The maximum Gasteiger partial charge on any atom is 0.275 e. The molecule has 2 aromatic rings. The third kappa shape index (κ3) is 3.45.